The number of nitrogens with zero attached hydrogens (tertiary/aromatic N) is 4. The number of rotatable bonds is 4. The molecule has 0 bridgehead atoms. The summed E-state index contributed by atoms with van der Waals surface area (Å²) in [6.45, 7) is 2.44. The van der Waals surface area contributed by atoms with Gasteiger partial charge in [-0.05, 0) is 60.9 Å². The van der Waals surface area contributed by atoms with Gasteiger partial charge >= 0.3 is 0 Å². The van der Waals surface area contributed by atoms with Crippen LogP contribution < -0.4 is 5.73 Å². The van der Waals surface area contributed by atoms with Crippen LogP contribution in [0.15, 0.2) is 48.2 Å². The highest BCUT2D eigenvalue weighted by molar-refractivity contribution is 6.15. The molecule has 3 heterocycles. The van der Waals surface area contributed by atoms with E-state index in [2.05, 4.69) is 15.1 Å². The van der Waals surface area contributed by atoms with Gasteiger partial charge in [-0.1, -0.05) is 6.07 Å². The second-order valence-corrected chi connectivity index (χ2v) is 9.11. The van der Waals surface area contributed by atoms with E-state index in [0.717, 1.165) is 33.7 Å². The number of anilines is 1. The zero-order chi connectivity index (χ0) is 24.3. The summed E-state index contributed by atoms with van der Waals surface area (Å²) in [5.74, 6) is 0.686. The zero-order valence-corrected chi connectivity index (χ0v) is 19.1. The maximum absolute atomic E-state index is 13.5. The third-order valence-corrected chi connectivity index (χ3v) is 6.69. The summed E-state index contributed by atoms with van der Waals surface area (Å²) in [6.07, 6.45) is 3.14. The number of allylic oxidation sites excluding steroid dienone is 1. The van der Waals surface area contributed by atoms with Gasteiger partial charge in [0, 0.05) is 24.1 Å². The minimum Gasteiger partial charge on any atom is -0.383 e. The van der Waals surface area contributed by atoms with Crippen LogP contribution >= 0.6 is 0 Å². The van der Waals surface area contributed by atoms with Crippen molar-refractivity contribution < 1.29 is 14.0 Å². The largest absolute Gasteiger partial charge is 0.383 e. The predicted molar refractivity (Wildman–Crippen MR) is 130 cm³/mol. The van der Waals surface area contributed by atoms with Crippen molar-refractivity contribution in [2.75, 3.05) is 18.8 Å². The lowest BCUT2D eigenvalue weighted by molar-refractivity contribution is 0.0782. The number of halogens is 1. The molecule has 1 amide bonds. The number of nitrogen functional groups attached to an aromatic ring is 1. The number of aromatic amines is 1. The first kappa shape index (κ1) is 21.3. The van der Waals surface area contributed by atoms with E-state index < -0.39 is 6.17 Å². The quantitative estimate of drug-likeness (QED) is 0.443. The van der Waals surface area contributed by atoms with Crippen LogP contribution in [0.4, 0.5) is 10.2 Å². The molecule has 1 atom stereocenters. The maximum Gasteiger partial charge on any atom is 0.253 e. The molecular weight excluding hydrogens is 447 g/mol. The second kappa shape index (κ2) is 7.90. The number of carbonyl (C=O) groups is 2. The van der Waals surface area contributed by atoms with E-state index in [1.165, 1.54) is 15.8 Å². The van der Waals surface area contributed by atoms with E-state index in [0.29, 0.717) is 36.1 Å². The average molecular weight is 471 g/mol. The Hall–Kier alpha value is -4.27. The molecule has 0 saturated carbocycles. The van der Waals surface area contributed by atoms with Crippen molar-refractivity contribution >= 4 is 34.6 Å². The van der Waals surface area contributed by atoms with E-state index >= 15 is 0 Å². The molecule has 1 saturated heterocycles. The number of benzene rings is 2. The number of Topliss-reactive ketones (excluding diaryl/α,β-unsaturated/α-hetero) is 1. The van der Waals surface area contributed by atoms with Crippen molar-refractivity contribution in [2.24, 2.45) is 0 Å². The number of hydrogen-bond acceptors (Lipinski definition) is 5. The molecule has 1 aliphatic carbocycles. The van der Waals surface area contributed by atoms with Gasteiger partial charge in [-0.15, -0.1) is 0 Å². The maximum atomic E-state index is 13.5. The van der Waals surface area contributed by atoms with Gasteiger partial charge in [0.2, 0.25) is 0 Å². The number of H-pyrrole nitrogens is 1. The Balaban J connectivity index is 1.26. The Kier molecular flexibility index (Phi) is 4.80. The van der Waals surface area contributed by atoms with Gasteiger partial charge in [0.15, 0.2) is 5.78 Å². The lowest BCUT2D eigenvalue weighted by atomic mass is 10.0. The smallest absolute Gasteiger partial charge is 0.253 e. The van der Waals surface area contributed by atoms with Crippen LogP contribution in [0, 0.1) is 6.92 Å². The van der Waals surface area contributed by atoms with Crippen LogP contribution in [-0.4, -0.2) is 55.6 Å². The van der Waals surface area contributed by atoms with E-state index in [9.17, 15) is 14.0 Å². The number of aryl methyl sites for hydroxylation is 1. The summed E-state index contributed by atoms with van der Waals surface area (Å²) in [5, 5.41) is 4.36. The molecule has 176 valence electrons. The third-order valence-electron chi connectivity index (χ3n) is 6.69. The Morgan fingerprint density at radius 2 is 2.06 bits per heavy atom. The van der Waals surface area contributed by atoms with Gasteiger partial charge in [0.1, 0.15) is 17.8 Å². The molecule has 2 aromatic carbocycles. The summed E-state index contributed by atoms with van der Waals surface area (Å²) in [4.78, 5) is 35.2. The Labute approximate surface area is 200 Å². The van der Waals surface area contributed by atoms with Gasteiger partial charge in [-0.3, -0.25) is 9.59 Å². The van der Waals surface area contributed by atoms with Crippen LogP contribution in [0.5, 0.6) is 0 Å². The molecule has 2 aromatic heterocycles. The summed E-state index contributed by atoms with van der Waals surface area (Å²) in [6, 6.07) is 11.0. The molecule has 8 nitrogen and oxygen atoms in total. The summed E-state index contributed by atoms with van der Waals surface area (Å²) >= 11 is 0. The number of alkyl halides is 1. The molecule has 1 aliphatic heterocycles. The van der Waals surface area contributed by atoms with Crippen molar-refractivity contribution in [3.05, 3.63) is 76.2 Å². The number of fused-ring (bicyclic) bond motifs is 2. The number of nitrogens with two attached hydrogens (primary N) is 1. The summed E-state index contributed by atoms with van der Waals surface area (Å²) < 4.78 is 15.1. The fraction of sp³-hybridized carbons (Fsp3) is 0.231. The Bertz CT molecular complexity index is 1550. The number of ketones is 1. The van der Waals surface area contributed by atoms with Crippen LogP contribution in [-0.2, 0) is 6.42 Å². The summed E-state index contributed by atoms with van der Waals surface area (Å²) in [5.41, 5.74) is 12.0. The van der Waals surface area contributed by atoms with Gasteiger partial charge in [0.25, 0.3) is 5.91 Å². The van der Waals surface area contributed by atoms with E-state index in [-0.39, 0.29) is 24.1 Å². The highest BCUT2D eigenvalue weighted by Crippen LogP contribution is 2.31. The Morgan fingerprint density at radius 3 is 2.86 bits per heavy atom. The topological polar surface area (TPSA) is 110 Å². The van der Waals surface area contributed by atoms with Gasteiger partial charge in [-0.25, -0.2) is 14.1 Å². The first-order chi connectivity index (χ1) is 16.9. The van der Waals surface area contributed by atoms with Crippen LogP contribution in [0.2, 0.25) is 0 Å². The highest BCUT2D eigenvalue weighted by Gasteiger charge is 2.28. The fourth-order valence-electron chi connectivity index (χ4n) is 4.87. The fourth-order valence-corrected chi connectivity index (χ4v) is 4.87. The van der Waals surface area contributed by atoms with Crippen molar-refractivity contribution in [3.8, 4) is 5.69 Å². The molecule has 2 aliphatic rings. The number of carbonyl (C=O) groups excluding carboxylic acids is 2. The van der Waals surface area contributed by atoms with Gasteiger partial charge < -0.3 is 15.6 Å². The van der Waals surface area contributed by atoms with Crippen molar-refractivity contribution in [3.63, 3.8) is 0 Å². The van der Waals surface area contributed by atoms with Crippen molar-refractivity contribution in [1.29, 1.82) is 0 Å². The number of nitrogens with one attached hydrogen (secondary N) is 1. The number of hydrogen-bond donors (Lipinski definition) is 2. The third kappa shape index (κ3) is 3.60. The normalized spacial score (nSPS) is 17.1. The van der Waals surface area contributed by atoms with E-state index in [1.54, 1.807) is 18.2 Å². The van der Waals surface area contributed by atoms with Crippen LogP contribution in [0.3, 0.4) is 0 Å². The molecular formula is C26H23FN6O2. The molecule has 6 rings (SSSR count). The summed E-state index contributed by atoms with van der Waals surface area (Å²) in [7, 11) is 0. The molecule has 0 spiro atoms. The minimum absolute atomic E-state index is 0.131. The molecule has 35 heavy (non-hydrogen) atoms. The zero-order valence-electron chi connectivity index (χ0n) is 19.1. The molecule has 9 heteroatoms. The van der Waals surface area contributed by atoms with Gasteiger partial charge in [0.05, 0.1) is 35.0 Å². The first-order valence-electron chi connectivity index (χ1n) is 11.5. The number of amides is 1. The van der Waals surface area contributed by atoms with Gasteiger partial charge in [-0.2, -0.15) is 5.10 Å². The standard InChI is InChI=1S/C26H23FN6O2/c1-14-30-22-5-4-20(11-23(22)31-14)33-25(28)21(12-29-33)24(34)18-8-15-2-3-16(9-17(15)10-18)26(35)32-7-6-19(27)13-32/h2-5,9-12,19H,6-8,13,28H2,1H3,(H,30,31)/t19-/m1/s1. The number of likely N-dealkylation sites (tertiary alicyclic amines) is 1. The van der Waals surface area contributed by atoms with Crippen molar-refractivity contribution in [2.45, 2.75) is 25.9 Å². The minimum atomic E-state index is -0.964. The van der Waals surface area contributed by atoms with E-state index in [4.69, 9.17) is 5.73 Å². The predicted octanol–water partition coefficient (Wildman–Crippen LogP) is 3.65. The lowest BCUT2D eigenvalue weighted by Gasteiger charge is -2.15. The number of imidazole rings is 1. The number of aromatic nitrogens is 4. The molecule has 0 radical (unpaired) electrons. The van der Waals surface area contributed by atoms with Crippen LogP contribution in [0.25, 0.3) is 22.8 Å². The molecule has 1 fully saturated rings. The van der Waals surface area contributed by atoms with Crippen LogP contribution in [0.1, 0.15) is 44.1 Å². The highest BCUT2D eigenvalue weighted by atomic mass is 19.1. The lowest BCUT2D eigenvalue weighted by Crippen LogP contribution is -2.28. The molecule has 0 unspecified atom stereocenters. The average Bonchev–Trinajstić information content (AvgIpc) is 3.62. The SMILES string of the molecule is Cc1nc2ccc(-n3ncc(C(=O)C4=Cc5cc(C(=O)N6CC[C@@H](F)C6)ccc5C4)c3N)cc2[nH]1. The molecule has 3 N–H and O–H groups in total. The monoisotopic (exact) mass is 470 g/mol. The second-order valence-electron chi connectivity index (χ2n) is 9.11. The van der Waals surface area contributed by atoms with E-state index in [1.807, 2.05) is 31.2 Å². The Morgan fingerprint density at radius 1 is 1.20 bits per heavy atom. The first-order valence-corrected chi connectivity index (χ1v) is 11.5. The molecule has 4 aromatic rings. The van der Waals surface area contributed by atoms with Crippen molar-refractivity contribution in [1.82, 2.24) is 24.6 Å².